The Morgan fingerprint density at radius 2 is 2.06 bits per heavy atom. The lowest BCUT2D eigenvalue weighted by Crippen LogP contribution is -2.41. The second-order valence-electron chi connectivity index (χ2n) is 4.91. The molecule has 1 aromatic rings. The molecular formula is C12H20N4. The normalized spacial score (nSPS) is 22.5. The third-order valence-electron chi connectivity index (χ3n) is 3.53. The lowest BCUT2D eigenvalue weighted by atomic mass is 10.2. The van der Waals surface area contributed by atoms with Gasteiger partial charge >= 0.3 is 0 Å². The first-order valence-electron chi connectivity index (χ1n) is 6.42. The maximum Gasteiger partial charge on any atom is 0.0951 e. The highest BCUT2D eigenvalue weighted by Crippen LogP contribution is 2.35. The van der Waals surface area contributed by atoms with Crippen LogP contribution in [0.15, 0.2) is 12.5 Å². The smallest absolute Gasteiger partial charge is 0.0951 e. The van der Waals surface area contributed by atoms with Gasteiger partial charge in [0.2, 0.25) is 0 Å². The fourth-order valence-corrected chi connectivity index (χ4v) is 2.40. The largest absolute Gasteiger partial charge is 0.330 e. The third kappa shape index (κ3) is 2.28. The molecule has 1 saturated heterocycles. The Morgan fingerprint density at radius 3 is 2.81 bits per heavy atom. The first-order valence-corrected chi connectivity index (χ1v) is 6.42. The minimum Gasteiger partial charge on any atom is -0.330 e. The van der Waals surface area contributed by atoms with Gasteiger partial charge in [-0.2, -0.15) is 0 Å². The summed E-state index contributed by atoms with van der Waals surface area (Å²) in [5.41, 5.74) is 4.85. The number of hydrogen-bond donors (Lipinski definition) is 1. The van der Waals surface area contributed by atoms with Gasteiger partial charge in [0.05, 0.1) is 18.6 Å². The van der Waals surface area contributed by atoms with Gasteiger partial charge in [0.1, 0.15) is 0 Å². The van der Waals surface area contributed by atoms with Gasteiger partial charge < -0.3 is 4.57 Å². The van der Waals surface area contributed by atoms with Gasteiger partial charge in [0, 0.05) is 25.3 Å². The second-order valence-corrected chi connectivity index (χ2v) is 4.91. The summed E-state index contributed by atoms with van der Waals surface area (Å²) in [4.78, 5) is 4.25. The van der Waals surface area contributed by atoms with Gasteiger partial charge in [-0.15, -0.1) is 0 Å². The summed E-state index contributed by atoms with van der Waals surface area (Å²) < 4.78 is 2.33. The first kappa shape index (κ1) is 10.3. The molecule has 0 radical (unpaired) electrons. The highest BCUT2D eigenvalue weighted by molar-refractivity contribution is 5.03. The Kier molecular flexibility index (Phi) is 2.93. The van der Waals surface area contributed by atoms with Crippen molar-refractivity contribution in [1.29, 1.82) is 0 Å². The molecule has 0 atom stereocenters. The van der Waals surface area contributed by atoms with Crippen molar-refractivity contribution in [3.8, 4) is 0 Å². The van der Waals surface area contributed by atoms with Crippen molar-refractivity contribution in [2.24, 2.45) is 0 Å². The van der Waals surface area contributed by atoms with Crippen molar-refractivity contribution < 1.29 is 0 Å². The molecule has 88 valence electrons. The molecule has 0 amide bonds. The molecule has 1 aromatic heterocycles. The van der Waals surface area contributed by atoms with E-state index >= 15 is 0 Å². The van der Waals surface area contributed by atoms with Crippen LogP contribution in [0.4, 0.5) is 0 Å². The van der Waals surface area contributed by atoms with Crippen LogP contribution in [0.3, 0.4) is 0 Å². The fourth-order valence-electron chi connectivity index (χ4n) is 2.40. The Morgan fingerprint density at radius 1 is 1.25 bits per heavy atom. The maximum absolute atomic E-state index is 4.25. The van der Waals surface area contributed by atoms with Crippen LogP contribution < -0.4 is 5.43 Å². The van der Waals surface area contributed by atoms with Crippen LogP contribution in [0.5, 0.6) is 0 Å². The molecule has 2 fully saturated rings. The molecule has 4 nitrogen and oxygen atoms in total. The summed E-state index contributed by atoms with van der Waals surface area (Å²) in [7, 11) is 0. The minimum absolute atomic E-state index is 0.737. The van der Waals surface area contributed by atoms with Gasteiger partial charge in [0.15, 0.2) is 0 Å². The lowest BCUT2D eigenvalue weighted by Gasteiger charge is -2.27. The van der Waals surface area contributed by atoms with Crippen LogP contribution in [-0.2, 0) is 6.54 Å². The predicted molar refractivity (Wildman–Crippen MR) is 62.8 cm³/mol. The highest BCUT2D eigenvalue weighted by atomic mass is 15.5. The zero-order valence-electron chi connectivity index (χ0n) is 9.73. The molecule has 0 spiro atoms. The highest BCUT2D eigenvalue weighted by Gasteiger charge is 2.25. The van der Waals surface area contributed by atoms with E-state index in [0.717, 1.165) is 12.6 Å². The summed E-state index contributed by atoms with van der Waals surface area (Å²) >= 11 is 0. The molecule has 0 bridgehead atoms. The lowest BCUT2D eigenvalue weighted by molar-refractivity contribution is 0.149. The minimum atomic E-state index is 0.737. The van der Waals surface area contributed by atoms with Crippen LogP contribution in [0, 0.1) is 0 Å². The Hall–Kier alpha value is -0.870. The summed E-state index contributed by atoms with van der Waals surface area (Å²) in [6, 6.07) is 0.737. The molecule has 4 heteroatoms. The van der Waals surface area contributed by atoms with Gasteiger partial charge in [-0.25, -0.2) is 15.4 Å². The van der Waals surface area contributed by atoms with E-state index in [1.165, 1.54) is 50.9 Å². The average molecular weight is 220 g/mol. The zero-order valence-corrected chi connectivity index (χ0v) is 9.73. The molecule has 16 heavy (non-hydrogen) atoms. The topological polar surface area (TPSA) is 33.1 Å². The molecule has 2 aliphatic rings. The summed E-state index contributed by atoms with van der Waals surface area (Å²) in [5, 5.41) is 2.35. The first-order chi connectivity index (χ1) is 7.93. The molecule has 1 saturated carbocycles. The third-order valence-corrected chi connectivity index (χ3v) is 3.53. The number of rotatable bonds is 4. The molecule has 1 aliphatic carbocycles. The number of imidazole rings is 1. The Bertz CT molecular complexity index is 337. The maximum atomic E-state index is 4.25. The number of hydrazine groups is 1. The molecule has 0 aromatic carbocycles. The molecule has 2 heterocycles. The molecular weight excluding hydrogens is 200 g/mol. The number of hydrogen-bond acceptors (Lipinski definition) is 3. The summed E-state index contributed by atoms with van der Waals surface area (Å²) in [6.45, 7) is 3.31. The monoisotopic (exact) mass is 220 g/mol. The van der Waals surface area contributed by atoms with E-state index in [-0.39, 0.29) is 0 Å². The number of nitrogens with zero attached hydrogens (tertiary/aromatic N) is 3. The van der Waals surface area contributed by atoms with Crippen LogP contribution in [0.25, 0.3) is 0 Å². The zero-order chi connectivity index (χ0) is 10.8. The standard InChI is InChI=1S/C12H20N4/c1-2-6-15(7-3-1)14-9-12-8-13-10-16(12)11-4-5-11/h8,10-11,14H,1-7,9H2. The second kappa shape index (κ2) is 4.55. The van der Waals surface area contributed by atoms with Gasteiger partial charge in [0.25, 0.3) is 0 Å². The van der Waals surface area contributed by atoms with E-state index in [1.54, 1.807) is 0 Å². The van der Waals surface area contributed by atoms with E-state index in [2.05, 4.69) is 20.0 Å². The molecule has 3 rings (SSSR count). The number of piperidine rings is 1. The van der Waals surface area contributed by atoms with Gasteiger partial charge in [-0.1, -0.05) is 6.42 Å². The Labute approximate surface area is 96.6 Å². The van der Waals surface area contributed by atoms with Crippen LogP contribution in [-0.4, -0.2) is 27.6 Å². The van der Waals surface area contributed by atoms with Crippen molar-refractivity contribution in [2.75, 3.05) is 13.1 Å². The van der Waals surface area contributed by atoms with Crippen molar-refractivity contribution in [2.45, 2.75) is 44.7 Å². The molecule has 0 unspecified atom stereocenters. The van der Waals surface area contributed by atoms with Crippen LogP contribution in [0.1, 0.15) is 43.8 Å². The Balaban J connectivity index is 1.54. The van der Waals surface area contributed by atoms with Crippen molar-refractivity contribution >= 4 is 0 Å². The van der Waals surface area contributed by atoms with E-state index in [1.807, 2.05) is 12.5 Å². The van der Waals surface area contributed by atoms with E-state index < -0.39 is 0 Å². The number of aromatic nitrogens is 2. The predicted octanol–water partition coefficient (Wildman–Crippen LogP) is 1.71. The number of nitrogens with one attached hydrogen (secondary N) is 1. The molecule has 1 aliphatic heterocycles. The quantitative estimate of drug-likeness (QED) is 0.838. The van der Waals surface area contributed by atoms with Crippen LogP contribution >= 0.6 is 0 Å². The van der Waals surface area contributed by atoms with Crippen molar-refractivity contribution in [3.05, 3.63) is 18.2 Å². The fraction of sp³-hybridized carbons (Fsp3) is 0.750. The SMILES string of the molecule is c1ncn(C2CC2)c1CNN1CCCCC1. The van der Waals surface area contributed by atoms with E-state index in [0.29, 0.717) is 0 Å². The molecule has 1 N–H and O–H groups in total. The average Bonchev–Trinajstić information content (AvgIpc) is 3.07. The summed E-state index contributed by atoms with van der Waals surface area (Å²) in [5.74, 6) is 0. The van der Waals surface area contributed by atoms with Crippen LogP contribution in [0.2, 0.25) is 0 Å². The van der Waals surface area contributed by atoms with Crippen molar-refractivity contribution in [3.63, 3.8) is 0 Å². The summed E-state index contributed by atoms with van der Waals surface area (Å²) in [6.07, 6.45) is 10.7. The van der Waals surface area contributed by atoms with Gasteiger partial charge in [-0.3, -0.25) is 0 Å². The van der Waals surface area contributed by atoms with E-state index in [9.17, 15) is 0 Å². The van der Waals surface area contributed by atoms with Gasteiger partial charge in [-0.05, 0) is 25.7 Å². The van der Waals surface area contributed by atoms with E-state index in [4.69, 9.17) is 0 Å². The van der Waals surface area contributed by atoms with Crippen molar-refractivity contribution in [1.82, 2.24) is 20.0 Å².